The third-order valence-electron chi connectivity index (χ3n) is 4.57. The van der Waals surface area contributed by atoms with Crippen molar-refractivity contribution >= 4 is 48.3 Å². The van der Waals surface area contributed by atoms with Gasteiger partial charge in [-0.25, -0.2) is 13.2 Å². The maximum atomic E-state index is 12.8. The lowest BCUT2D eigenvalue weighted by Gasteiger charge is -2.22. The van der Waals surface area contributed by atoms with Crippen LogP contribution in [-0.2, 0) is 10.0 Å². The van der Waals surface area contributed by atoms with Crippen LogP contribution in [0.15, 0.2) is 67.1 Å². The zero-order valence-electron chi connectivity index (χ0n) is 14.3. The third kappa shape index (κ3) is 3.46. The SMILES string of the molecule is O=c1oc2ccccc2c(N2CCCC2)c1NS(=O)(=O)c1ccc(Br)cc1. The fraction of sp³-hybridized carbons (Fsp3) is 0.211. The highest BCUT2D eigenvalue weighted by atomic mass is 79.9. The summed E-state index contributed by atoms with van der Waals surface area (Å²) in [6.45, 7) is 1.53. The molecule has 0 atom stereocenters. The fourth-order valence-corrected chi connectivity index (χ4v) is 4.63. The number of hydrogen-bond acceptors (Lipinski definition) is 5. The number of sulfonamides is 1. The summed E-state index contributed by atoms with van der Waals surface area (Å²) in [6, 6.07) is 13.4. The number of nitrogens with zero attached hydrogens (tertiary/aromatic N) is 1. The monoisotopic (exact) mass is 448 g/mol. The van der Waals surface area contributed by atoms with E-state index in [0.717, 1.165) is 30.4 Å². The van der Waals surface area contributed by atoms with E-state index in [9.17, 15) is 13.2 Å². The van der Waals surface area contributed by atoms with Crippen molar-refractivity contribution in [2.45, 2.75) is 17.7 Å². The van der Waals surface area contributed by atoms with Crippen molar-refractivity contribution in [2.75, 3.05) is 22.7 Å². The molecule has 0 radical (unpaired) electrons. The van der Waals surface area contributed by atoms with Gasteiger partial charge in [-0.1, -0.05) is 28.1 Å². The number of benzene rings is 2. The fourth-order valence-electron chi connectivity index (χ4n) is 3.30. The summed E-state index contributed by atoms with van der Waals surface area (Å²) in [4.78, 5) is 14.8. The van der Waals surface area contributed by atoms with E-state index in [2.05, 4.69) is 20.7 Å². The predicted molar refractivity (Wildman–Crippen MR) is 109 cm³/mol. The summed E-state index contributed by atoms with van der Waals surface area (Å²) in [6.07, 6.45) is 1.99. The molecule has 4 rings (SSSR count). The molecular weight excluding hydrogens is 432 g/mol. The minimum atomic E-state index is -3.93. The van der Waals surface area contributed by atoms with Gasteiger partial charge < -0.3 is 9.32 Å². The highest BCUT2D eigenvalue weighted by Gasteiger charge is 2.26. The average molecular weight is 449 g/mol. The van der Waals surface area contributed by atoms with Crippen molar-refractivity contribution < 1.29 is 12.8 Å². The lowest BCUT2D eigenvalue weighted by atomic mass is 10.1. The van der Waals surface area contributed by atoms with Crippen LogP contribution in [0.5, 0.6) is 0 Å². The molecule has 0 spiro atoms. The van der Waals surface area contributed by atoms with E-state index in [1.54, 1.807) is 24.3 Å². The molecule has 0 aliphatic carbocycles. The minimum Gasteiger partial charge on any atom is -0.421 e. The van der Waals surface area contributed by atoms with E-state index in [1.807, 2.05) is 17.0 Å². The third-order valence-corrected chi connectivity index (χ3v) is 6.46. The van der Waals surface area contributed by atoms with Crippen molar-refractivity contribution in [3.63, 3.8) is 0 Å². The Morgan fingerprint density at radius 1 is 1.00 bits per heavy atom. The molecule has 27 heavy (non-hydrogen) atoms. The molecule has 2 aromatic carbocycles. The standard InChI is InChI=1S/C19H17BrN2O4S/c20-13-7-9-14(10-8-13)27(24,25)21-17-18(22-11-3-4-12-22)15-5-1-2-6-16(15)26-19(17)23/h1-2,5-10,21H,3-4,11-12H2. The van der Waals surface area contributed by atoms with Crippen LogP contribution in [-0.4, -0.2) is 21.5 Å². The van der Waals surface area contributed by atoms with E-state index in [-0.39, 0.29) is 10.6 Å². The van der Waals surface area contributed by atoms with Crippen molar-refractivity contribution in [1.29, 1.82) is 0 Å². The minimum absolute atomic E-state index is 0.0430. The van der Waals surface area contributed by atoms with Gasteiger partial charge in [-0.3, -0.25) is 4.72 Å². The summed E-state index contributed by atoms with van der Waals surface area (Å²) in [5, 5.41) is 0.715. The molecule has 140 valence electrons. The van der Waals surface area contributed by atoms with Crippen LogP contribution in [0, 0.1) is 0 Å². The number of fused-ring (bicyclic) bond motifs is 1. The second-order valence-corrected chi connectivity index (χ2v) is 8.96. The molecule has 1 saturated heterocycles. The molecule has 1 aliphatic heterocycles. The summed E-state index contributed by atoms with van der Waals surface area (Å²) in [5.41, 5.74) is 0.283. The number of hydrogen-bond donors (Lipinski definition) is 1. The molecule has 6 nitrogen and oxygen atoms in total. The average Bonchev–Trinajstić information content (AvgIpc) is 3.17. The molecule has 0 bridgehead atoms. The van der Waals surface area contributed by atoms with Gasteiger partial charge in [0.25, 0.3) is 10.0 Å². The van der Waals surface area contributed by atoms with E-state index >= 15 is 0 Å². The summed E-state index contributed by atoms with van der Waals surface area (Å²) in [7, 11) is -3.93. The van der Waals surface area contributed by atoms with Crippen LogP contribution in [0.1, 0.15) is 12.8 Å². The molecule has 1 aromatic heterocycles. The lowest BCUT2D eigenvalue weighted by molar-refractivity contribution is 0.562. The van der Waals surface area contributed by atoms with Crippen LogP contribution in [0.25, 0.3) is 11.0 Å². The van der Waals surface area contributed by atoms with Crippen molar-refractivity contribution in [3.8, 4) is 0 Å². The van der Waals surface area contributed by atoms with Gasteiger partial charge in [0.15, 0.2) is 5.69 Å². The Bertz CT molecular complexity index is 1150. The first-order valence-electron chi connectivity index (χ1n) is 8.55. The van der Waals surface area contributed by atoms with Gasteiger partial charge in [0.05, 0.1) is 10.6 Å². The lowest BCUT2D eigenvalue weighted by Crippen LogP contribution is -2.25. The Hall–Kier alpha value is -2.32. The highest BCUT2D eigenvalue weighted by molar-refractivity contribution is 9.10. The van der Waals surface area contributed by atoms with Gasteiger partial charge in [-0.05, 0) is 49.2 Å². The van der Waals surface area contributed by atoms with E-state index in [1.165, 1.54) is 12.1 Å². The van der Waals surface area contributed by atoms with Crippen LogP contribution in [0.4, 0.5) is 11.4 Å². The van der Waals surface area contributed by atoms with Crippen LogP contribution in [0.3, 0.4) is 0 Å². The van der Waals surface area contributed by atoms with E-state index < -0.39 is 15.6 Å². The number of nitrogens with one attached hydrogen (secondary N) is 1. The smallest absolute Gasteiger partial charge is 0.363 e. The van der Waals surface area contributed by atoms with E-state index in [0.29, 0.717) is 16.7 Å². The van der Waals surface area contributed by atoms with Crippen molar-refractivity contribution in [2.24, 2.45) is 0 Å². The van der Waals surface area contributed by atoms with Crippen LogP contribution >= 0.6 is 15.9 Å². The van der Waals surface area contributed by atoms with Crippen LogP contribution in [0.2, 0.25) is 0 Å². The Morgan fingerprint density at radius 3 is 2.37 bits per heavy atom. The van der Waals surface area contributed by atoms with Crippen molar-refractivity contribution in [1.82, 2.24) is 0 Å². The first kappa shape index (κ1) is 18.1. The Morgan fingerprint density at radius 2 is 1.67 bits per heavy atom. The van der Waals surface area contributed by atoms with Gasteiger partial charge in [0, 0.05) is 22.9 Å². The summed E-state index contributed by atoms with van der Waals surface area (Å²) < 4.78 is 34.3. The summed E-state index contributed by atoms with van der Waals surface area (Å²) in [5.74, 6) is 0. The molecule has 0 saturated carbocycles. The largest absolute Gasteiger partial charge is 0.421 e. The number of para-hydroxylation sites is 1. The molecule has 1 aliphatic rings. The quantitative estimate of drug-likeness (QED) is 0.611. The Labute approximate surface area is 165 Å². The molecule has 2 heterocycles. The zero-order chi connectivity index (χ0) is 19.0. The highest BCUT2D eigenvalue weighted by Crippen LogP contribution is 2.35. The predicted octanol–water partition coefficient (Wildman–Crippen LogP) is 3.96. The maximum Gasteiger partial charge on any atom is 0.363 e. The molecule has 8 heteroatoms. The van der Waals surface area contributed by atoms with Crippen molar-refractivity contribution in [3.05, 3.63) is 63.4 Å². The molecule has 1 N–H and O–H groups in total. The normalized spacial score (nSPS) is 14.6. The molecule has 0 unspecified atom stereocenters. The van der Waals surface area contributed by atoms with E-state index in [4.69, 9.17) is 4.42 Å². The first-order chi connectivity index (χ1) is 13.0. The van der Waals surface area contributed by atoms with Gasteiger partial charge in [0.2, 0.25) is 0 Å². The number of anilines is 2. The second kappa shape index (κ2) is 7.01. The zero-order valence-corrected chi connectivity index (χ0v) is 16.7. The number of rotatable bonds is 4. The molecule has 1 fully saturated rings. The molecular formula is C19H17BrN2O4S. The van der Waals surface area contributed by atoms with Gasteiger partial charge >= 0.3 is 5.63 Å². The van der Waals surface area contributed by atoms with Crippen LogP contribution < -0.4 is 15.2 Å². The van der Waals surface area contributed by atoms with Gasteiger partial charge in [-0.15, -0.1) is 0 Å². The Balaban J connectivity index is 1.88. The topological polar surface area (TPSA) is 79.6 Å². The summed E-state index contributed by atoms with van der Waals surface area (Å²) >= 11 is 3.29. The Kier molecular flexibility index (Phi) is 4.69. The first-order valence-corrected chi connectivity index (χ1v) is 10.8. The maximum absolute atomic E-state index is 12.8. The van der Waals surface area contributed by atoms with Gasteiger partial charge in [-0.2, -0.15) is 0 Å². The molecule has 0 amide bonds. The van der Waals surface area contributed by atoms with Gasteiger partial charge in [0.1, 0.15) is 5.58 Å². The second-order valence-electron chi connectivity index (χ2n) is 6.36. The molecule has 3 aromatic rings. The number of halogens is 1.